The van der Waals surface area contributed by atoms with Gasteiger partial charge in [0.2, 0.25) is 5.95 Å². The van der Waals surface area contributed by atoms with Gasteiger partial charge in [-0.2, -0.15) is 4.98 Å². The number of carbonyl (C=O) groups excluding carboxylic acids is 1. The number of amides is 2. The van der Waals surface area contributed by atoms with Crippen LogP contribution in [0.3, 0.4) is 0 Å². The Labute approximate surface area is 159 Å². The summed E-state index contributed by atoms with van der Waals surface area (Å²) in [5.74, 6) is 2.31. The predicted octanol–water partition coefficient (Wildman–Crippen LogP) is 2.58. The molecule has 2 heterocycles. The predicted molar refractivity (Wildman–Crippen MR) is 107 cm³/mol. The lowest BCUT2D eigenvalue weighted by Gasteiger charge is -2.35. The third kappa shape index (κ3) is 4.78. The van der Waals surface area contributed by atoms with Crippen molar-refractivity contribution in [1.29, 1.82) is 0 Å². The number of methoxy groups -OCH3 is 1. The first-order chi connectivity index (χ1) is 13.1. The van der Waals surface area contributed by atoms with Crippen molar-refractivity contribution in [2.75, 3.05) is 55.4 Å². The topological polar surface area (TPSA) is 82.6 Å². The molecule has 1 aromatic carbocycles. The zero-order valence-corrected chi connectivity index (χ0v) is 16.0. The Balaban J connectivity index is 1.57. The van der Waals surface area contributed by atoms with E-state index in [-0.39, 0.29) is 6.03 Å². The molecule has 1 fully saturated rings. The van der Waals surface area contributed by atoms with E-state index >= 15 is 0 Å². The summed E-state index contributed by atoms with van der Waals surface area (Å²) < 4.78 is 5.13. The quantitative estimate of drug-likeness (QED) is 0.842. The van der Waals surface area contributed by atoms with Crippen LogP contribution >= 0.6 is 0 Å². The number of anilines is 3. The molecule has 1 aromatic heterocycles. The molecule has 2 aromatic rings. The Bertz CT molecular complexity index is 772. The molecule has 8 nitrogen and oxygen atoms in total. The van der Waals surface area contributed by atoms with Crippen LogP contribution in [0.4, 0.5) is 22.2 Å². The second kappa shape index (κ2) is 8.57. The highest BCUT2D eigenvalue weighted by atomic mass is 16.5. The standard InChI is InChI=1S/C19H26N6O2/c1-4-20-18-21-14(2)13-17(23-18)24-9-11-25(12-10-24)19(26)22-15-5-7-16(27-3)8-6-15/h5-8,13H,4,9-12H2,1-3H3,(H,22,26)(H,20,21,23). The van der Waals surface area contributed by atoms with Crippen molar-refractivity contribution >= 4 is 23.5 Å². The van der Waals surface area contributed by atoms with Crippen molar-refractivity contribution in [2.24, 2.45) is 0 Å². The second-order valence-electron chi connectivity index (χ2n) is 6.35. The maximum atomic E-state index is 12.5. The molecule has 8 heteroatoms. The summed E-state index contributed by atoms with van der Waals surface area (Å²) in [6.07, 6.45) is 0. The number of aromatic nitrogens is 2. The normalized spacial score (nSPS) is 14.0. The Hall–Kier alpha value is -3.03. The minimum atomic E-state index is -0.0907. The summed E-state index contributed by atoms with van der Waals surface area (Å²) >= 11 is 0. The van der Waals surface area contributed by atoms with Crippen LogP contribution in [-0.4, -0.2) is 60.7 Å². The van der Waals surface area contributed by atoms with Crippen LogP contribution in [0.5, 0.6) is 5.75 Å². The highest BCUT2D eigenvalue weighted by Gasteiger charge is 2.22. The van der Waals surface area contributed by atoms with E-state index in [0.717, 1.165) is 42.6 Å². The zero-order valence-electron chi connectivity index (χ0n) is 16.0. The van der Waals surface area contributed by atoms with Crippen molar-refractivity contribution in [3.63, 3.8) is 0 Å². The van der Waals surface area contributed by atoms with Crippen molar-refractivity contribution in [3.8, 4) is 5.75 Å². The smallest absolute Gasteiger partial charge is 0.321 e. The van der Waals surface area contributed by atoms with Crippen LogP contribution in [0.15, 0.2) is 30.3 Å². The minimum absolute atomic E-state index is 0.0907. The summed E-state index contributed by atoms with van der Waals surface area (Å²) in [4.78, 5) is 25.5. The maximum Gasteiger partial charge on any atom is 0.321 e. The van der Waals surface area contributed by atoms with Crippen LogP contribution < -0.4 is 20.3 Å². The third-order valence-corrected chi connectivity index (χ3v) is 4.41. The molecule has 0 spiro atoms. The van der Waals surface area contributed by atoms with Crippen LogP contribution in [-0.2, 0) is 0 Å². The van der Waals surface area contributed by atoms with E-state index in [4.69, 9.17) is 4.74 Å². The molecular formula is C19H26N6O2. The monoisotopic (exact) mass is 370 g/mol. The number of aryl methyl sites for hydroxylation is 1. The maximum absolute atomic E-state index is 12.5. The number of carbonyl (C=O) groups is 1. The number of piperazine rings is 1. The molecule has 0 radical (unpaired) electrons. The number of nitrogens with zero attached hydrogens (tertiary/aromatic N) is 4. The summed E-state index contributed by atoms with van der Waals surface area (Å²) in [7, 11) is 1.62. The van der Waals surface area contributed by atoms with Crippen LogP contribution in [0, 0.1) is 6.92 Å². The van der Waals surface area contributed by atoms with E-state index in [1.54, 1.807) is 7.11 Å². The van der Waals surface area contributed by atoms with Gasteiger partial charge in [0.05, 0.1) is 7.11 Å². The lowest BCUT2D eigenvalue weighted by molar-refractivity contribution is 0.208. The summed E-state index contributed by atoms with van der Waals surface area (Å²) in [5, 5.41) is 6.09. The van der Waals surface area contributed by atoms with Gasteiger partial charge in [-0.1, -0.05) is 0 Å². The molecule has 0 aliphatic carbocycles. The number of benzene rings is 1. The highest BCUT2D eigenvalue weighted by Crippen LogP contribution is 2.18. The number of nitrogens with one attached hydrogen (secondary N) is 2. The molecule has 1 saturated heterocycles. The van der Waals surface area contributed by atoms with Gasteiger partial charge in [-0.05, 0) is 38.1 Å². The van der Waals surface area contributed by atoms with E-state index in [2.05, 4.69) is 25.5 Å². The van der Waals surface area contributed by atoms with E-state index in [9.17, 15) is 4.79 Å². The van der Waals surface area contributed by atoms with Crippen molar-refractivity contribution in [1.82, 2.24) is 14.9 Å². The summed E-state index contributed by atoms with van der Waals surface area (Å²) in [6.45, 7) is 7.51. The van der Waals surface area contributed by atoms with E-state index < -0.39 is 0 Å². The summed E-state index contributed by atoms with van der Waals surface area (Å²) in [5.41, 5.74) is 1.68. The van der Waals surface area contributed by atoms with Crippen molar-refractivity contribution in [3.05, 3.63) is 36.0 Å². The van der Waals surface area contributed by atoms with E-state index in [0.29, 0.717) is 19.0 Å². The summed E-state index contributed by atoms with van der Waals surface area (Å²) in [6, 6.07) is 9.21. The fraction of sp³-hybridized carbons (Fsp3) is 0.421. The van der Waals surface area contributed by atoms with Gasteiger partial charge in [-0.25, -0.2) is 9.78 Å². The lowest BCUT2D eigenvalue weighted by atomic mass is 10.3. The number of rotatable bonds is 5. The Morgan fingerprint density at radius 1 is 1.15 bits per heavy atom. The average molecular weight is 370 g/mol. The van der Waals surface area contributed by atoms with Gasteiger partial charge in [0, 0.05) is 50.2 Å². The lowest BCUT2D eigenvalue weighted by Crippen LogP contribution is -2.50. The number of ether oxygens (including phenoxy) is 1. The molecule has 3 rings (SSSR count). The van der Waals surface area contributed by atoms with Crippen LogP contribution in [0.25, 0.3) is 0 Å². The zero-order chi connectivity index (χ0) is 19.2. The first-order valence-electron chi connectivity index (χ1n) is 9.13. The van der Waals surface area contributed by atoms with E-state index in [1.165, 1.54) is 0 Å². The Morgan fingerprint density at radius 3 is 2.48 bits per heavy atom. The van der Waals surface area contributed by atoms with Gasteiger partial charge in [-0.15, -0.1) is 0 Å². The second-order valence-corrected chi connectivity index (χ2v) is 6.35. The number of hydrogen-bond acceptors (Lipinski definition) is 6. The fourth-order valence-corrected chi connectivity index (χ4v) is 2.97. The number of hydrogen-bond donors (Lipinski definition) is 2. The molecule has 2 N–H and O–H groups in total. The Morgan fingerprint density at radius 2 is 1.85 bits per heavy atom. The van der Waals surface area contributed by atoms with Gasteiger partial charge in [-0.3, -0.25) is 0 Å². The largest absolute Gasteiger partial charge is 0.497 e. The molecule has 144 valence electrons. The van der Waals surface area contributed by atoms with Crippen molar-refractivity contribution < 1.29 is 9.53 Å². The molecule has 1 aliphatic heterocycles. The SMILES string of the molecule is CCNc1nc(C)cc(N2CCN(C(=O)Nc3ccc(OC)cc3)CC2)n1. The van der Waals surface area contributed by atoms with E-state index in [1.807, 2.05) is 49.1 Å². The molecule has 2 amide bonds. The molecule has 0 bridgehead atoms. The van der Waals surface area contributed by atoms with Gasteiger partial charge in [0.1, 0.15) is 11.6 Å². The average Bonchev–Trinajstić information content (AvgIpc) is 2.68. The van der Waals surface area contributed by atoms with Gasteiger partial charge >= 0.3 is 6.03 Å². The minimum Gasteiger partial charge on any atom is -0.497 e. The molecule has 27 heavy (non-hydrogen) atoms. The molecule has 0 atom stereocenters. The highest BCUT2D eigenvalue weighted by molar-refractivity contribution is 5.89. The molecular weight excluding hydrogens is 344 g/mol. The van der Waals surface area contributed by atoms with Gasteiger partial charge in [0.15, 0.2) is 0 Å². The molecule has 0 saturated carbocycles. The van der Waals surface area contributed by atoms with Crippen molar-refractivity contribution in [2.45, 2.75) is 13.8 Å². The van der Waals surface area contributed by atoms with Crippen LogP contribution in [0.1, 0.15) is 12.6 Å². The molecule has 1 aliphatic rings. The molecule has 0 unspecified atom stereocenters. The van der Waals surface area contributed by atoms with Gasteiger partial charge in [0.25, 0.3) is 0 Å². The van der Waals surface area contributed by atoms with Gasteiger partial charge < -0.3 is 25.2 Å². The first-order valence-corrected chi connectivity index (χ1v) is 9.13. The first kappa shape index (κ1) is 18.8. The Kier molecular flexibility index (Phi) is 5.95. The third-order valence-electron chi connectivity index (χ3n) is 4.41. The fourth-order valence-electron chi connectivity index (χ4n) is 2.97. The van der Waals surface area contributed by atoms with Crippen LogP contribution in [0.2, 0.25) is 0 Å². The number of urea groups is 1.